The van der Waals surface area contributed by atoms with Crippen LogP contribution in [0.3, 0.4) is 0 Å². The number of aliphatic hydroxyl groups excluding tert-OH is 2. The minimum atomic E-state index is -4.90. The summed E-state index contributed by atoms with van der Waals surface area (Å²) in [6.07, 6.45) is -7.42. The molecule has 4 atom stereocenters. The van der Waals surface area contributed by atoms with E-state index < -0.39 is 47.3 Å². The van der Waals surface area contributed by atoms with Crippen molar-refractivity contribution in [1.82, 2.24) is 19.5 Å². The molecule has 172 valence electrons. The molecule has 2 aliphatic heterocycles. The second kappa shape index (κ2) is 8.12. The van der Waals surface area contributed by atoms with Gasteiger partial charge >= 0.3 is 6.36 Å². The molecule has 0 saturated carbocycles. The lowest BCUT2D eigenvalue weighted by atomic mass is 10.1. The normalized spacial score (nSPS) is 29.5. The van der Waals surface area contributed by atoms with Crippen molar-refractivity contribution in [3.8, 4) is 0 Å². The fourth-order valence-electron chi connectivity index (χ4n) is 3.64. The molecule has 4 heterocycles. The highest BCUT2D eigenvalue weighted by Crippen LogP contribution is 2.33. The van der Waals surface area contributed by atoms with Crippen molar-refractivity contribution in [2.24, 2.45) is 0 Å². The van der Waals surface area contributed by atoms with Crippen molar-refractivity contribution in [1.29, 1.82) is 0 Å². The van der Waals surface area contributed by atoms with E-state index in [9.17, 15) is 31.8 Å². The summed E-state index contributed by atoms with van der Waals surface area (Å²) >= 11 is 0. The molecular formula is C16H20F3N5O6S. The first-order valence-electron chi connectivity index (χ1n) is 9.41. The number of fused-ring (bicyclic) bond motifs is 1. The number of halogens is 3. The number of alkyl halides is 3. The van der Waals surface area contributed by atoms with E-state index in [1.807, 2.05) is 0 Å². The van der Waals surface area contributed by atoms with Gasteiger partial charge in [-0.25, -0.2) is 23.4 Å². The van der Waals surface area contributed by atoms with Gasteiger partial charge in [0.25, 0.3) is 0 Å². The van der Waals surface area contributed by atoms with Crippen molar-refractivity contribution in [3.63, 3.8) is 0 Å². The summed E-state index contributed by atoms with van der Waals surface area (Å²) in [5.74, 6) is 0.474. The molecule has 11 nitrogen and oxygen atoms in total. The Morgan fingerprint density at radius 1 is 1.19 bits per heavy atom. The summed E-state index contributed by atoms with van der Waals surface area (Å²) in [4.78, 5) is 12.4. The van der Waals surface area contributed by atoms with Crippen LogP contribution in [0.2, 0.25) is 0 Å². The summed E-state index contributed by atoms with van der Waals surface area (Å²) in [6, 6.07) is -0.134. The molecule has 2 fully saturated rings. The van der Waals surface area contributed by atoms with Crippen molar-refractivity contribution < 1.29 is 41.3 Å². The van der Waals surface area contributed by atoms with Gasteiger partial charge in [-0.15, -0.1) is 13.2 Å². The highest BCUT2D eigenvalue weighted by molar-refractivity contribution is 7.91. The number of imidazole rings is 1. The number of aromatic nitrogens is 4. The third-order valence-electron chi connectivity index (χ3n) is 5.28. The summed E-state index contributed by atoms with van der Waals surface area (Å²) in [7, 11) is -3.03. The predicted molar refractivity (Wildman–Crippen MR) is 98.6 cm³/mol. The van der Waals surface area contributed by atoms with E-state index in [2.05, 4.69) is 25.0 Å². The summed E-state index contributed by atoms with van der Waals surface area (Å²) in [5.41, 5.74) is 0.519. The Morgan fingerprint density at radius 2 is 1.90 bits per heavy atom. The monoisotopic (exact) mass is 467 g/mol. The largest absolute Gasteiger partial charge is 0.522 e. The van der Waals surface area contributed by atoms with Gasteiger partial charge in [-0.1, -0.05) is 0 Å². The number of nitrogens with zero attached hydrogens (tertiary/aromatic N) is 4. The standard InChI is InChI=1S/C16H20F3N5O6S/c17-16(18,19)29-5-9-11(25)12(26)15(30-9)24-7-22-10-13(20-6-21-14(10)24)23-8-1-3-31(27,28)4-2-8/h6-9,11-12,15,25-26H,1-5H2,(H,20,21,23). The zero-order valence-electron chi connectivity index (χ0n) is 15.9. The molecule has 31 heavy (non-hydrogen) atoms. The lowest BCUT2D eigenvalue weighted by Crippen LogP contribution is -2.35. The van der Waals surface area contributed by atoms with Gasteiger partial charge < -0.3 is 20.3 Å². The van der Waals surface area contributed by atoms with Crippen molar-refractivity contribution >= 4 is 26.8 Å². The third-order valence-corrected chi connectivity index (χ3v) is 6.99. The van der Waals surface area contributed by atoms with Gasteiger partial charge in [0, 0.05) is 6.04 Å². The summed E-state index contributed by atoms with van der Waals surface area (Å²) in [5, 5.41) is 23.5. The highest BCUT2D eigenvalue weighted by atomic mass is 32.2. The number of ether oxygens (including phenoxy) is 2. The van der Waals surface area contributed by atoms with Crippen LogP contribution in [-0.4, -0.2) is 87.0 Å². The molecule has 2 aromatic rings. The maximum atomic E-state index is 12.3. The van der Waals surface area contributed by atoms with E-state index in [1.54, 1.807) is 0 Å². The Bertz CT molecular complexity index is 1030. The molecule has 4 rings (SSSR count). The Hall–Kier alpha value is -2.07. The van der Waals surface area contributed by atoms with Gasteiger partial charge in [-0.05, 0) is 12.8 Å². The van der Waals surface area contributed by atoms with Crippen LogP contribution in [0.15, 0.2) is 12.7 Å². The molecule has 2 aromatic heterocycles. The number of rotatable bonds is 5. The van der Waals surface area contributed by atoms with Crippen molar-refractivity contribution in [2.75, 3.05) is 23.4 Å². The molecule has 4 unspecified atom stereocenters. The van der Waals surface area contributed by atoms with Crippen LogP contribution in [0.25, 0.3) is 11.2 Å². The molecule has 2 saturated heterocycles. The topological polar surface area (TPSA) is 149 Å². The molecule has 0 aromatic carbocycles. The van der Waals surface area contributed by atoms with E-state index in [0.717, 1.165) is 0 Å². The van der Waals surface area contributed by atoms with E-state index >= 15 is 0 Å². The van der Waals surface area contributed by atoms with E-state index in [1.165, 1.54) is 17.2 Å². The summed E-state index contributed by atoms with van der Waals surface area (Å²) in [6.45, 7) is -0.989. The number of sulfone groups is 1. The zero-order chi connectivity index (χ0) is 22.4. The van der Waals surface area contributed by atoms with Gasteiger partial charge in [0.15, 0.2) is 23.2 Å². The number of aliphatic hydroxyl groups is 2. The smallest absolute Gasteiger partial charge is 0.387 e. The number of hydrogen-bond acceptors (Lipinski definition) is 10. The number of anilines is 1. The third kappa shape index (κ3) is 4.74. The van der Waals surface area contributed by atoms with Gasteiger partial charge in [0.2, 0.25) is 0 Å². The Morgan fingerprint density at radius 3 is 2.58 bits per heavy atom. The van der Waals surface area contributed by atoms with Crippen molar-refractivity contribution in [3.05, 3.63) is 12.7 Å². The fourth-order valence-corrected chi connectivity index (χ4v) is 5.14. The molecular weight excluding hydrogens is 447 g/mol. The van der Waals surface area contributed by atoms with Crippen LogP contribution >= 0.6 is 0 Å². The van der Waals surface area contributed by atoms with Crippen LogP contribution in [0, 0.1) is 0 Å². The molecule has 3 N–H and O–H groups in total. The van der Waals surface area contributed by atoms with Crippen LogP contribution in [-0.2, 0) is 19.3 Å². The Balaban J connectivity index is 1.52. The zero-order valence-corrected chi connectivity index (χ0v) is 16.8. The summed E-state index contributed by atoms with van der Waals surface area (Å²) < 4.78 is 70.5. The number of nitrogens with one attached hydrogen (secondary N) is 1. The highest BCUT2D eigenvalue weighted by Gasteiger charge is 2.46. The van der Waals surface area contributed by atoms with Crippen LogP contribution in [0.5, 0.6) is 0 Å². The second-order valence-electron chi connectivity index (χ2n) is 7.42. The Labute approximate surface area is 174 Å². The van der Waals surface area contributed by atoms with Gasteiger partial charge in [-0.3, -0.25) is 9.30 Å². The lowest BCUT2D eigenvalue weighted by Gasteiger charge is -2.23. The molecule has 0 radical (unpaired) electrons. The predicted octanol–water partition coefficient (Wildman–Crippen LogP) is -0.0290. The van der Waals surface area contributed by atoms with Crippen LogP contribution < -0.4 is 5.32 Å². The van der Waals surface area contributed by atoms with Crippen molar-refractivity contribution in [2.45, 2.75) is 49.8 Å². The van der Waals surface area contributed by atoms with E-state index in [0.29, 0.717) is 24.2 Å². The first kappa shape index (κ1) is 22.1. The number of hydrogen-bond donors (Lipinski definition) is 3. The second-order valence-corrected chi connectivity index (χ2v) is 9.72. The molecule has 15 heteroatoms. The molecule has 0 amide bonds. The Kier molecular flexibility index (Phi) is 5.80. The average molecular weight is 467 g/mol. The van der Waals surface area contributed by atoms with Crippen LogP contribution in [0.1, 0.15) is 19.1 Å². The van der Waals surface area contributed by atoms with Gasteiger partial charge in [0.05, 0.1) is 24.4 Å². The van der Waals surface area contributed by atoms with E-state index in [-0.39, 0.29) is 23.2 Å². The minimum Gasteiger partial charge on any atom is -0.387 e. The SMILES string of the molecule is O=S1(=O)CCC(Nc2ncnc3c2ncn3C2OC(COC(F)(F)F)C(O)C2O)CC1. The van der Waals surface area contributed by atoms with E-state index in [4.69, 9.17) is 4.74 Å². The minimum absolute atomic E-state index is 0.0642. The molecule has 0 bridgehead atoms. The first-order chi connectivity index (χ1) is 14.5. The van der Waals surface area contributed by atoms with Crippen LogP contribution in [0.4, 0.5) is 19.0 Å². The quantitative estimate of drug-likeness (QED) is 0.547. The van der Waals surface area contributed by atoms with Gasteiger partial charge in [-0.2, -0.15) is 0 Å². The maximum absolute atomic E-state index is 12.3. The molecule has 2 aliphatic rings. The first-order valence-corrected chi connectivity index (χ1v) is 11.2. The lowest BCUT2D eigenvalue weighted by molar-refractivity contribution is -0.333. The van der Waals surface area contributed by atoms with Gasteiger partial charge in [0.1, 0.15) is 34.5 Å². The maximum Gasteiger partial charge on any atom is 0.522 e. The molecule has 0 aliphatic carbocycles. The average Bonchev–Trinajstić information content (AvgIpc) is 3.24. The fraction of sp³-hybridized carbons (Fsp3) is 0.688. The molecule has 0 spiro atoms.